The number of nitrogens with two attached hydrogens (primary N) is 1. The lowest BCUT2D eigenvalue weighted by Gasteiger charge is -2.06. The summed E-state index contributed by atoms with van der Waals surface area (Å²) in [6, 6.07) is 15.0. The smallest absolute Gasteiger partial charge is 0.234 e. The molecule has 19 heavy (non-hydrogen) atoms. The summed E-state index contributed by atoms with van der Waals surface area (Å²) in [5, 5.41) is 2.82. The summed E-state index contributed by atoms with van der Waals surface area (Å²) in [4.78, 5) is 12.9. The maximum Gasteiger partial charge on any atom is 0.234 e. The maximum atomic E-state index is 11.8. The molecular weight excluding hydrogens is 324 g/mol. The highest BCUT2D eigenvalue weighted by Crippen LogP contribution is 2.27. The van der Waals surface area contributed by atoms with E-state index in [4.69, 9.17) is 5.73 Å². The van der Waals surface area contributed by atoms with E-state index in [1.54, 1.807) is 12.1 Å². The quantitative estimate of drug-likeness (QED) is 0.660. The first-order chi connectivity index (χ1) is 9.15. The Morgan fingerprint density at radius 2 is 2.00 bits per heavy atom. The summed E-state index contributed by atoms with van der Waals surface area (Å²) in [6.07, 6.45) is 0. The van der Waals surface area contributed by atoms with Gasteiger partial charge in [0.2, 0.25) is 5.91 Å². The Bertz CT molecular complexity index is 589. The zero-order valence-corrected chi connectivity index (χ0v) is 12.5. The number of amides is 1. The van der Waals surface area contributed by atoms with E-state index < -0.39 is 0 Å². The van der Waals surface area contributed by atoms with E-state index in [-0.39, 0.29) is 5.91 Å². The lowest BCUT2D eigenvalue weighted by atomic mass is 10.3. The summed E-state index contributed by atoms with van der Waals surface area (Å²) in [5.74, 6) is 0.309. The van der Waals surface area contributed by atoms with Crippen molar-refractivity contribution in [3.63, 3.8) is 0 Å². The molecule has 2 rings (SSSR count). The van der Waals surface area contributed by atoms with Crippen molar-refractivity contribution >= 4 is 45.0 Å². The van der Waals surface area contributed by atoms with Gasteiger partial charge in [0.25, 0.3) is 0 Å². The van der Waals surface area contributed by atoms with Crippen LogP contribution in [0.4, 0.5) is 11.4 Å². The van der Waals surface area contributed by atoms with Gasteiger partial charge in [-0.05, 0) is 46.3 Å². The highest BCUT2D eigenvalue weighted by atomic mass is 79.9. The Kier molecular flexibility index (Phi) is 4.87. The molecule has 0 bridgehead atoms. The minimum Gasteiger partial charge on any atom is -0.399 e. The molecule has 2 aromatic carbocycles. The number of anilines is 2. The van der Waals surface area contributed by atoms with Gasteiger partial charge in [0.15, 0.2) is 0 Å². The molecule has 0 saturated carbocycles. The summed E-state index contributed by atoms with van der Waals surface area (Å²) < 4.78 is 0.997. The molecule has 0 aliphatic heterocycles. The molecule has 0 aliphatic carbocycles. The second-order valence-corrected chi connectivity index (χ2v) is 5.76. The Balaban J connectivity index is 1.90. The fraction of sp³-hybridized carbons (Fsp3) is 0.0714. The number of rotatable bonds is 4. The predicted molar refractivity (Wildman–Crippen MR) is 84.4 cm³/mol. The molecular formula is C14H13BrN2OS. The van der Waals surface area contributed by atoms with Crippen LogP contribution in [0.3, 0.4) is 0 Å². The Hall–Kier alpha value is -1.46. The lowest BCUT2D eigenvalue weighted by molar-refractivity contribution is -0.113. The van der Waals surface area contributed by atoms with Crippen molar-refractivity contribution < 1.29 is 4.79 Å². The Labute approximate surface area is 124 Å². The van der Waals surface area contributed by atoms with Gasteiger partial charge in [0.05, 0.1) is 5.75 Å². The number of hydrogen-bond donors (Lipinski definition) is 2. The van der Waals surface area contributed by atoms with Gasteiger partial charge in [-0.1, -0.05) is 18.2 Å². The van der Waals surface area contributed by atoms with Crippen LogP contribution < -0.4 is 11.1 Å². The van der Waals surface area contributed by atoms with E-state index in [1.807, 2.05) is 36.4 Å². The fourth-order valence-electron chi connectivity index (χ4n) is 1.52. The second kappa shape index (κ2) is 6.63. The Morgan fingerprint density at radius 3 is 2.74 bits per heavy atom. The van der Waals surface area contributed by atoms with Crippen LogP contribution in [0.25, 0.3) is 0 Å². The van der Waals surface area contributed by atoms with E-state index in [0.717, 1.165) is 15.1 Å². The molecule has 0 radical (unpaired) electrons. The molecule has 0 saturated heterocycles. The molecule has 1 amide bonds. The first-order valence-corrected chi connectivity index (χ1v) is 7.46. The second-order valence-electron chi connectivity index (χ2n) is 3.89. The van der Waals surface area contributed by atoms with E-state index in [0.29, 0.717) is 11.4 Å². The van der Waals surface area contributed by atoms with Gasteiger partial charge < -0.3 is 11.1 Å². The highest BCUT2D eigenvalue weighted by molar-refractivity contribution is 9.10. The van der Waals surface area contributed by atoms with Crippen LogP contribution in [-0.2, 0) is 4.79 Å². The van der Waals surface area contributed by atoms with Gasteiger partial charge in [0.1, 0.15) is 0 Å². The summed E-state index contributed by atoms with van der Waals surface area (Å²) >= 11 is 4.94. The predicted octanol–water partition coefficient (Wildman–Crippen LogP) is 3.76. The van der Waals surface area contributed by atoms with Crippen LogP contribution in [0.1, 0.15) is 0 Å². The van der Waals surface area contributed by atoms with Crippen LogP contribution in [-0.4, -0.2) is 11.7 Å². The average Bonchev–Trinajstić information content (AvgIpc) is 2.38. The average molecular weight is 337 g/mol. The van der Waals surface area contributed by atoms with Crippen LogP contribution in [0.5, 0.6) is 0 Å². The van der Waals surface area contributed by atoms with Crippen molar-refractivity contribution in [1.29, 1.82) is 0 Å². The van der Waals surface area contributed by atoms with Crippen molar-refractivity contribution in [2.45, 2.75) is 4.90 Å². The molecule has 2 aromatic rings. The molecule has 0 aliphatic rings. The molecule has 0 fully saturated rings. The van der Waals surface area contributed by atoms with E-state index in [1.165, 1.54) is 11.8 Å². The monoisotopic (exact) mass is 336 g/mol. The molecule has 98 valence electrons. The molecule has 3 N–H and O–H groups in total. The minimum absolute atomic E-state index is 0.0497. The number of carbonyl (C=O) groups excluding carboxylic acids is 1. The number of carbonyl (C=O) groups is 1. The van der Waals surface area contributed by atoms with Crippen molar-refractivity contribution in [2.24, 2.45) is 0 Å². The lowest BCUT2D eigenvalue weighted by Crippen LogP contribution is -2.14. The topological polar surface area (TPSA) is 55.1 Å². The fourth-order valence-corrected chi connectivity index (χ4v) is 2.89. The summed E-state index contributed by atoms with van der Waals surface area (Å²) in [7, 11) is 0. The molecule has 0 spiro atoms. The molecule has 0 aromatic heterocycles. The van der Waals surface area contributed by atoms with Gasteiger partial charge in [-0.2, -0.15) is 0 Å². The van der Waals surface area contributed by atoms with Crippen molar-refractivity contribution in [3.05, 3.63) is 53.0 Å². The normalized spacial score (nSPS) is 10.2. The minimum atomic E-state index is -0.0497. The number of nitrogen functional groups attached to an aromatic ring is 1. The number of thioether (sulfide) groups is 1. The largest absolute Gasteiger partial charge is 0.399 e. The van der Waals surface area contributed by atoms with Crippen molar-refractivity contribution in [3.8, 4) is 0 Å². The molecule has 5 heteroatoms. The number of nitrogens with one attached hydrogen (secondary N) is 1. The molecule has 0 unspecified atom stereocenters. The van der Waals surface area contributed by atoms with Crippen LogP contribution in [0, 0.1) is 0 Å². The van der Waals surface area contributed by atoms with Crippen molar-refractivity contribution in [2.75, 3.05) is 16.8 Å². The third-order valence-corrected chi connectivity index (χ3v) is 4.39. The van der Waals surface area contributed by atoms with Gasteiger partial charge in [0, 0.05) is 20.7 Å². The Morgan fingerprint density at radius 1 is 1.21 bits per heavy atom. The van der Waals surface area contributed by atoms with Crippen LogP contribution >= 0.6 is 27.7 Å². The van der Waals surface area contributed by atoms with Gasteiger partial charge >= 0.3 is 0 Å². The maximum absolute atomic E-state index is 11.8. The van der Waals surface area contributed by atoms with E-state index in [9.17, 15) is 4.79 Å². The van der Waals surface area contributed by atoms with Gasteiger partial charge in [-0.3, -0.25) is 4.79 Å². The SMILES string of the molecule is Nc1cccc(NC(=O)CSc2ccccc2Br)c1. The molecule has 0 heterocycles. The highest BCUT2D eigenvalue weighted by Gasteiger charge is 2.05. The third-order valence-electron chi connectivity index (χ3n) is 2.37. The zero-order chi connectivity index (χ0) is 13.7. The zero-order valence-electron chi connectivity index (χ0n) is 10.1. The number of halogens is 1. The van der Waals surface area contributed by atoms with Gasteiger partial charge in [-0.25, -0.2) is 0 Å². The third kappa shape index (κ3) is 4.29. The molecule has 0 atom stereocenters. The first kappa shape index (κ1) is 14.0. The first-order valence-electron chi connectivity index (χ1n) is 5.68. The summed E-state index contributed by atoms with van der Waals surface area (Å²) in [6.45, 7) is 0. The number of hydrogen-bond acceptors (Lipinski definition) is 3. The molecule has 3 nitrogen and oxygen atoms in total. The van der Waals surface area contributed by atoms with Crippen LogP contribution in [0.2, 0.25) is 0 Å². The van der Waals surface area contributed by atoms with Crippen molar-refractivity contribution in [1.82, 2.24) is 0 Å². The standard InChI is InChI=1S/C14H13BrN2OS/c15-12-6-1-2-7-13(12)19-9-14(18)17-11-5-3-4-10(16)8-11/h1-8H,9,16H2,(H,17,18). The van der Waals surface area contributed by atoms with Gasteiger partial charge in [-0.15, -0.1) is 11.8 Å². The summed E-state index contributed by atoms with van der Waals surface area (Å²) in [5.41, 5.74) is 7.01. The van der Waals surface area contributed by atoms with Crippen LogP contribution in [0.15, 0.2) is 57.9 Å². The number of benzene rings is 2. The van der Waals surface area contributed by atoms with E-state index >= 15 is 0 Å². The van der Waals surface area contributed by atoms with E-state index in [2.05, 4.69) is 21.2 Å².